The molecule has 0 radical (unpaired) electrons. The average Bonchev–Trinajstić information content (AvgIpc) is 2.32. The van der Waals surface area contributed by atoms with E-state index in [-0.39, 0.29) is 18.1 Å². The molecule has 0 aromatic rings. The molecule has 0 saturated carbocycles. The molecule has 0 rings (SSSR count). The molecule has 0 bridgehead atoms. The third kappa shape index (κ3) is 6.08. The van der Waals surface area contributed by atoms with E-state index in [0.717, 1.165) is 0 Å². The zero-order valence-corrected chi connectivity index (χ0v) is 11.3. The van der Waals surface area contributed by atoms with Crippen LogP contribution in [0.5, 0.6) is 0 Å². The average molecular weight is 256 g/mol. The van der Waals surface area contributed by atoms with E-state index in [1.54, 1.807) is 19.1 Å². The highest BCUT2D eigenvalue weighted by Gasteiger charge is 2.21. The molecule has 5 heteroatoms. The van der Waals surface area contributed by atoms with Gasteiger partial charge in [-0.3, -0.25) is 0 Å². The van der Waals surface area contributed by atoms with Gasteiger partial charge in [0.15, 0.2) is 6.10 Å². The molecular formula is C13H20O5. The van der Waals surface area contributed by atoms with Gasteiger partial charge in [0, 0.05) is 0 Å². The maximum atomic E-state index is 11.3. The molecule has 1 atom stereocenters. The molecule has 0 aromatic carbocycles. The summed E-state index contributed by atoms with van der Waals surface area (Å²) in [6, 6.07) is 0. The van der Waals surface area contributed by atoms with E-state index in [1.807, 2.05) is 13.8 Å². The van der Waals surface area contributed by atoms with Crippen LogP contribution in [0.2, 0.25) is 0 Å². The highest BCUT2D eigenvalue weighted by Crippen LogP contribution is 2.11. The zero-order chi connectivity index (χ0) is 14.1. The van der Waals surface area contributed by atoms with Crippen LogP contribution in [0.25, 0.3) is 0 Å². The number of carbonyl (C=O) groups excluding carboxylic acids is 2. The van der Waals surface area contributed by atoms with E-state index >= 15 is 0 Å². The summed E-state index contributed by atoms with van der Waals surface area (Å²) in [5.74, 6) is -0.374. The first-order valence-corrected chi connectivity index (χ1v) is 5.71. The third-order valence-electron chi connectivity index (χ3n) is 1.95. The van der Waals surface area contributed by atoms with Crippen LogP contribution < -0.4 is 0 Å². The predicted molar refractivity (Wildman–Crippen MR) is 67.0 cm³/mol. The minimum absolute atomic E-state index is 0.0439. The van der Waals surface area contributed by atoms with Crippen LogP contribution in [0.15, 0.2) is 24.3 Å². The molecule has 0 aliphatic heterocycles. The number of carbonyl (C=O) groups is 2. The summed E-state index contributed by atoms with van der Waals surface area (Å²) in [4.78, 5) is 22.6. The summed E-state index contributed by atoms with van der Waals surface area (Å²) in [6.45, 7) is 9.33. The van der Waals surface area contributed by atoms with Crippen molar-refractivity contribution in [1.82, 2.24) is 0 Å². The molecule has 0 saturated heterocycles. The number of hydrogen-bond acceptors (Lipinski definition) is 5. The van der Waals surface area contributed by atoms with E-state index in [9.17, 15) is 9.59 Å². The Morgan fingerprint density at radius 2 is 1.89 bits per heavy atom. The van der Waals surface area contributed by atoms with Gasteiger partial charge in [0.25, 0.3) is 0 Å². The smallest absolute Gasteiger partial charge is 0.466 e. The zero-order valence-electron chi connectivity index (χ0n) is 11.3. The van der Waals surface area contributed by atoms with Gasteiger partial charge in [-0.05, 0) is 18.9 Å². The molecule has 0 aliphatic rings. The molecule has 18 heavy (non-hydrogen) atoms. The lowest BCUT2D eigenvalue weighted by atomic mass is 10.1. The fourth-order valence-corrected chi connectivity index (χ4v) is 1.05. The third-order valence-corrected chi connectivity index (χ3v) is 1.95. The van der Waals surface area contributed by atoms with Crippen LogP contribution >= 0.6 is 0 Å². The first-order valence-electron chi connectivity index (χ1n) is 5.71. The van der Waals surface area contributed by atoms with E-state index in [1.165, 1.54) is 7.11 Å². The predicted octanol–water partition coefficient (Wildman–Crippen LogP) is 2.47. The van der Waals surface area contributed by atoms with Crippen molar-refractivity contribution in [3.05, 3.63) is 24.3 Å². The second kappa shape index (κ2) is 8.33. The van der Waals surface area contributed by atoms with Crippen molar-refractivity contribution in [2.45, 2.75) is 26.9 Å². The lowest BCUT2D eigenvalue weighted by Gasteiger charge is -2.15. The van der Waals surface area contributed by atoms with Crippen LogP contribution in [-0.2, 0) is 19.0 Å². The summed E-state index contributed by atoms with van der Waals surface area (Å²) in [7, 11) is 1.24. The van der Waals surface area contributed by atoms with Crippen molar-refractivity contribution in [2.75, 3.05) is 13.7 Å². The molecule has 0 amide bonds. The fraction of sp³-hybridized carbons (Fsp3) is 0.538. The Morgan fingerprint density at radius 1 is 1.28 bits per heavy atom. The van der Waals surface area contributed by atoms with Crippen molar-refractivity contribution in [3.8, 4) is 0 Å². The van der Waals surface area contributed by atoms with E-state index in [4.69, 9.17) is 4.74 Å². The van der Waals surface area contributed by atoms with Crippen molar-refractivity contribution in [1.29, 1.82) is 0 Å². The van der Waals surface area contributed by atoms with Gasteiger partial charge >= 0.3 is 12.1 Å². The second-order valence-corrected chi connectivity index (χ2v) is 3.87. The molecule has 0 N–H and O–H groups in total. The minimum Gasteiger partial charge on any atom is -0.466 e. The minimum atomic E-state index is -0.876. The first kappa shape index (κ1) is 16.2. The lowest BCUT2D eigenvalue weighted by Crippen LogP contribution is -2.24. The quantitative estimate of drug-likeness (QED) is 0.415. The Bertz CT molecular complexity index is 330. The molecule has 0 spiro atoms. The Hall–Kier alpha value is -1.78. The van der Waals surface area contributed by atoms with Gasteiger partial charge < -0.3 is 14.2 Å². The number of esters is 1. The number of hydrogen-bond donors (Lipinski definition) is 0. The van der Waals surface area contributed by atoms with Crippen LogP contribution in [-0.4, -0.2) is 31.9 Å². The van der Waals surface area contributed by atoms with Gasteiger partial charge in [0.05, 0.1) is 19.3 Å². The Morgan fingerprint density at radius 3 is 2.33 bits per heavy atom. The highest BCUT2D eigenvalue weighted by molar-refractivity contribution is 5.89. The SMILES string of the molecule is C=C(C(=O)OC)C(/C=C/C(C)C)OC(=O)OCC. The van der Waals surface area contributed by atoms with Gasteiger partial charge in [0.1, 0.15) is 0 Å². The first-order chi connectivity index (χ1) is 8.42. The molecule has 5 nitrogen and oxygen atoms in total. The summed E-state index contributed by atoms with van der Waals surface area (Å²) >= 11 is 0. The van der Waals surface area contributed by atoms with Gasteiger partial charge in [-0.15, -0.1) is 0 Å². The fourth-order valence-electron chi connectivity index (χ4n) is 1.05. The highest BCUT2D eigenvalue weighted by atomic mass is 16.7. The molecule has 0 aliphatic carbocycles. The van der Waals surface area contributed by atoms with E-state index in [0.29, 0.717) is 0 Å². The lowest BCUT2D eigenvalue weighted by molar-refractivity contribution is -0.137. The molecule has 0 heterocycles. The number of rotatable bonds is 6. The van der Waals surface area contributed by atoms with Crippen molar-refractivity contribution in [3.63, 3.8) is 0 Å². The van der Waals surface area contributed by atoms with Crippen LogP contribution in [0, 0.1) is 5.92 Å². The monoisotopic (exact) mass is 256 g/mol. The standard InChI is InChI=1S/C13H20O5/c1-6-17-13(15)18-11(8-7-9(2)3)10(4)12(14)16-5/h7-9,11H,4,6H2,1-3,5H3/b8-7+. The summed E-state index contributed by atoms with van der Waals surface area (Å²) < 4.78 is 14.2. The Kier molecular flexibility index (Phi) is 7.51. The summed E-state index contributed by atoms with van der Waals surface area (Å²) in [5.41, 5.74) is 0.0439. The number of methoxy groups -OCH3 is 1. The van der Waals surface area contributed by atoms with E-state index in [2.05, 4.69) is 16.1 Å². The maximum Gasteiger partial charge on any atom is 0.509 e. The number of allylic oxidation sites excluding steroid dienone is 1. The van der Waals surface area contributed by atoms with Crippen molar-refractivity contribution in [2.24, 2.45) is 5.92 Å². The molecule has 0 aromatic heterocycles. The van der Waals surface area contributed by atoms with Gasteiger partial charge in [0.2, 0.25) is 0 Å². The Balaban J connectivity index is 4.77. The van der Waals surface area contributed by atoms with Crippen LogP contribution in [0.3, 0.4) is 0 Å². The van der Waals surface area contributed by atoms with Gasteiger partial charge in [-0.25, -0.2) is 9.59 Å². The van der Waals surface area contributed by atoms with Crippen molar-refractivity contribution < 1.29 is 23.8 Å². The largest absolute Gasteiger partial charge is 0.509 e. The molecule has 1 unspecified atom stereocenters. The summed E-state index contributed by atoms with van der Waals surface area (Å²) in [6.07, 6.45) is 1.67. The maximum absolute atomic E-state index is 11.3. The molecular weight excluding hydrogens is 236 g/mol. The van der Waals surface area contributed by atoms with Crippen LogP contribution in [0.1, 0.15) is 20.8 Å². The van der Waals surface area contributed by atoms with Crippen LogP contribution in [0.4, 0.5) is 4.79 Å². The topological polar surface area (TPSA) is 61.8 Å². The summed E-state index contributed by atoms with van der Waals surface area (Å²) in [5, 5.41) is 0. The van der Waals surface area contributed by atoms with Gasteiger partial charge in [-0.2, -0.15) is 0 Å². The van der Waals surface area contributed by atoms with E-state index < -0.39 is 18.2 Å². The second-order valence-electron chi connectivity index (χ2n) is 3.87. The molecule has 0 fully saturated rings. The Labute approximate surface area is 107 Å². The number of ether oxygens (including phenoxy) is 3. The van der Waals surface area contributed by atoms with Gasteiger partial charge in [-0.1, -0.05) is 26.5 Å². The normalized spacial score (nSPS) is 12.3. The van der Waals surface area contributed by atoms with Crippen molar-refractivity contribution >= 4 is 12.1 Å². The molecule has 102 valence electrons.